The van der Waals surface area contributed by atoms with E-state index in [0.717, 1.165) is 24.3 Å². The summed E-state index contributed by atoms with van der Waals surface area (Å²) in [4.78, 5) is 14.4. The summed E-state index contributed by atoms with van der Waals surface area (Å²) in [7, 11) is 0. The van der Waals surface area contributed by atoms with E-state index in [1.165, 1.54) is 18.5 Å². The number of nitrogens with one attached hydrogen (secondary N) is 1. The van der Waals surface area contributed by atoms with E-state index in [4.69, 9.17) is 4.74 Å². The molecule has 0 saturated carbocycles. The largest absolute Gasteiger partial charge is 0.484 e. The molecule has 0 aliphatic carbocycles. The predicted molar refractivity (Wildman–Crippen MR) is 93.2 cm³/mol. The predicted octanol–water partition coefficient (Wildman–Crippen LogP) is 3.61. The van der Waals surface area contributed by atoms with Gasteiger partial charge in [-0.05, 0) is 55.7 Å². The van der Waals surface area contributed by atoms with E-state index < -0.39 is 0 Å². The number of hydrogen-bond acceptors (Lipinski definition) is 3. The van der Waals surface area contributed by atoms with Gasteiger partial charge in [-0.25, -0.2) is 0 Å². The summed E-state index contributed by atoms with van der Waals surface area (Å²) in [5, 5.41) is 2.90. The normalized spacial score (nSPS) is 13.9. The molecule has 0 aromatic heterocycles. The second kappa shape index (κ2) is 7.18. The molecule has 1 heterocycles. The number of nitrogens with zero attached hydrogens (tertiary/aromatic N) is 1. The van der Waals surface area contributed by atoms with Crippen LogP contribution in [0, 0.1) is 6.92 Å². The molecule has 4 heteroatoms. The number of benzene rings is 2. The average Bonchev–Trinajstić information content (AvgIpc) is 3.08. The molecule has 1 saturated heterocycles. The number of rotatable bonds is 5. The molecule has 4 nitrogen and oxygen atoms in total. The van der Waals surface area contributed by atoms with Gasteiger partial charge in [0.1, 0.15) is 5.75 Å². The highest BCUT2D eigenvalue weighted by Gasteiger charge is 2.13. The summed E-state index contributed by atoms with van der Waals surface area (Å²) in [6, 6.07) is 15.7. The van der Waals surface area contributed by atoms with Crippen LogP contribution in [0.3, 0.4) is 0 Å². The van der Waals surface area contributed by atoms with E-state index in [1.54, 1.807) is 0 Å². The van der Waals surface area contributed by atoms with Gasteiger partial charge in [-0.3, -0.25) is 4.79 Å². The smallest absolute Gasteiger partial charge is 0.262 e. The molecule has 1 amide bonds. The lowest BCUT2D eigenvalue weighted by Crippen LogP contribution is -2.21. The van der Waals surface area contributed by atoms with Crippen LogP contribution in [0.2, 0.25) is 0 Å². The number of aryl methyl sites for hydroxylation is 1. The van der Waals surface area contributed by atoms with E-state index in [2.05, 4.69) is 16.3 Å². The van der Waals surface area contributed by atoms with Gasteiger partial charge in [-0.15, -0.1) is 0 Å². The van der Waals surface area contributed by atoms with Crippen LogP contribution in [-0.4, -0.2) is 25.6 Å². The molecule has 2 aromatic rings. The van der Waals surface area contributed by atoms with Crippen molar-refractivity contribution in [2.75, 3.05) is 29.9 Å². The van der Waals surface area contributed by atoms with Gasteiger partial charge in [0.25, 0.3) is 5.91 Å². The molecule has 0 radical (unpaired) electrons. The number of carbonyl (C=O) groups excluding carboxylic acids is 1. The Morgan fingerprint density at radius 2 is 1.91 bits per heavy atom. The Bertz CT molecular complexity index is 679. The summed E-state index contributed by atoms with van der Waals surface area (Å²) in [5.74, 6) is 0.566. The molecule has 0 spiro atoms. The van der Waals surface area contributed by atoms with Crippen molar-refractivity contribution in [3.63, 3.8) is 0 Å². The highest BCUT2D eigenvalue weighted by Crippen LogP contribution is 2.23. The molecule has 1 aliphatic rings. The summed E-state index contributed by atoms with van der Waals surface area (Å²) in [5.41, 5.74) is 3.09. The Kier molecular flexibility index (Phi) is 4.81. The molecule has 1 N–H and O–H groups in total. The zero-order valence-corrected chi connectivity index (χ0v) is 13.4. The summed E-state index contributed by atoms with van der Waals surface area (Å²) in [6.07, 6.45) is 2.47. The SMILES string of the molecule is Cc1cccc(OCC(=O)Nc2cccc(N3CCCC3)c2)c1. The van der Waals surface area contributed by atoms with Gasteiger partial charge in [0.2, 0.25) is 0 Å². The Hall–Kier alpha value is -2.49. The molecular formula is C19H22N2O2. The highest BCUT2D eigenvalue weighted by molar-refractivity contribution is 5.92. The van der Waals surface area contributed by atoms with Crippen LogP contribution in [-0.2, 0) is 4.79 Å². The van der Waals surface area contributed by atoms with Crippen LogP contribution in [0.15, 0.2) is 48.5 Å². The van der Waals surface area contributed by atoms with Crippen molar-refractivity contribution in [2.45, 2.75) is 19.8 Å². The number of hydrogen-bond donors (Lipinski definition) is 1. The second-order valence-corrected chi connectivity index (χ2v) is 5.90. The van der Waals surface area contributed by atoms with Gasteiger partial charge in [0.05, 0.1) is 0 Å². The van der Waals surface area contributed by atoms with Crippen molar-refractivity contribution < 1.29 is 9.53 Å². The second-order valence-electron chi connectivity index (χ2n) is 5.90. The van der Waals surface area contributed by atoms with Crippen LogP contribution in [0.5, 0.6) is 5.75 Å². The first-order valence-corrected chi connectivity index (χ1v) is 8.05. The van der Waals surface area contributed by atoms with Gasteiger partial charge < -0.3 is 15.0 Å². The maximum Gasteiger partial charge on any atom is 0.262 e. The van der Waals surface area contributed by atoms with E-state index in [-0.39, 0.29) is 12.5 Å². The van der Waals surface area contributed by atoms with Crippen molar-refractivity contribution in [3.8, 4) is 5.75 Å². The molecular weight excluding hydrogens is 288 g/mol. The molecule has 0 unspecified atom stereocenters. The van der Waals surface area contributed by atoms with Crippen molar-refractivity contribution in [2.24, 2.45) is 0 Å². The van der Waals surface area contributed by atoms with Gasteiger partial charge in [0, 0.05) is 24.5 Å². The van der Waals surface area contributed by atoms with Crippen molar-refractivity contribution in [1.29, 1.82) is 0 Å². The maximum atomic E-state index is 12.1. The fraction of sp³-hybridized carbons (Fsp3) is 0.316. The number of amides is 1. The lowest BCUT2D eigenvalue weighted by molar-refractivity contribution is -0.118. The Labute approximate surface area is 137 Å². The molecule has 120 valence electrons. The minimum atomic E-state index is -0.148. The molecule has 2 aromatic carbocycles. The molecule has 3 rings (SSSR count). The minimum absolute atomic E-state index is 0.0113. The monoisotopic (exact) mass is 310 g/mol. The molecule has 0 atom stereocenters. The van der Waals surface area contributed by atoms with Gasteiger partial charge in [-0.2, -0.15) is 0 Å². The van der Waals surface area contributed by atoms with Crippen LogP contribution in [0.4, 0.5) is 11.4 Å². The summed E-state index contributed by atoms with van der Waals surface area (Å²) in [6.45, 7) is 4.19. The Morgan fingerprint density at radius 3 is 2.70 bits per heavy atom. The summed E-state index contributed by atoms with van der Waals surface area (Å²) >= 11 is 0. The van der Waals surface area contributed by atoms with E-state index >= 15 is 0 Å². The number of ether oxygens (including phenoxy) is 1. The lowest BCUT2D eigenvalue weighted by Gasteiger charge is -2.18. The Morgan fingerprint density at radius 1 is 1.13 bits per heavy atom. The van der Waals surface area contributed by atoms with E-state index in [0.29, 0.717) is 5.75 Å². The topological polar surface area (TPSA) is 41.6 Å². The lowest BCUT2D eigenvalue weighted by atomic mass is 10.2. The fourth-order valence-corrected chi connectivity index (χ4v) is 2.81. The zero-order chi connectivity index (χ0) is 16.1. The summed E-state index contributed by atoms with van der Waals surface area (Å²) < 4.78 is 5.53. The Balaban J connectivity index is 1.56. The molecule has 23 heavy (non-hydrogen) atoms. The zero-order valence-electron chi connectivity index (χ0n) is 13.4. The molecule has 1 aliphatic heterocycles. The maximum absolute atomic E-state index is 12.1. The fourth-order valence-electron chi connectivity index (χ4n) is 2.81. The average molecular weight is 310 g/mol. The minimum Gasteiger partial charge on any atom is -0.484 e. The first kappa shape index (κ1) is 15.4. The van der Waals surface area contributed by atoms with Gasteiger partial charge >= 0.3 is 0 Å². The third-order valence-electron chi connectivity index (χ3n) is 3.96. The van der Waals surface area contributed by atoms with Crippen LogP contribution < -0.4 is 15.0 Å². The van der Waals surface area contributed by atoms with Gasteiger partial charge in [-0.1, -0.05) is 18.2 Å². The standard InChI is InChI=1S/C19H22N2O2/c1-15-6-4-9-18(12-15)23-14-19(22)20-16-7-5-8-17(13-16)21-10-2-3-11-21/h4-9,12-13H,2-3,10-11,14H2,1H3,(H,20,22). The van der Waals surface area contributed by atoms with Gasteiger partial charge in [0.15, 0.2) is 6.61 Å². The third-order valence-corrected chi connectivity index (χ3v) is 3.96. The first-order valence-electron chi connectivity index (χ1n) is 8.05. The van der Waals surface area contributed by atoms with Crippen molar-refractivity contribution in [1.82, 2.24) is 0 Å². The van der Waals surface area contributed by atoms with Crippen LogP contribution in [0.25, 0.3) is 0 Å². The van der Waals surface area contributed by atoms with Crippen LogP contribution >= 0.6 is 0 Å². The van der Waals surface area contributed by atoms with Crippen LogP contribution in [0.1, 0.15) is 18.4 Å². The molecule has 0 bridgehead atoms. The number of carbonyl (C=O) groups is 1. The van der Waals surface area contributed by atoms with Crippen molar-refractivity contribution >= 4 is 17.3 Å². The molecule has 1 fully saturated rings. The van der Waals surface area contributed by atoms with E-state index in [1.807, 2.05) is 49.4 Å². The highest BCUT2D eigenvalue weighted by atomic mass is 16.5. The third kappa shape index (κ3) is 4.25. The first-order chi connectivity index (χ1) is 11.2. The van der Waals surface area contributed by atoms with Crippen molar-refractivity contribution in [3.05, 3.63) is 54.1 Å². The quantitative estimate of drug-likeness (QED) is 0.917. The van der Waals surface area contributed by atoms with E-state index in [9.17, 15) is 4.79 Å². The number of anilines is 2.